The molecular weight excluding hydrogens is 156 g/mol. The molecule has 0 aromatic rings. The summed E-state index contributed by atoms with van der Waals surface area (Å²) in [6.07, 6.45) is 2.71. The maximum absolute atomic E-state index is 10.6. The Balaban J connectivity index is 3.38. The zero-order valence-corrected chi connectivity index (χ0v) is 7.71. The van der Waals surface area contributed by atoms with E-state index in [2.05, 4.69) is 13.5 Å². The summed E-state index contributed by atoms with van der Waals surface area (Å²) in [7, 11) is 0. The molecule has 0 saturated heterocycles. The van der Waals surface area contributed by atoms with Gasteiger partial charge in [-0.25, -0.2) is 4.79 Å². The van der Waals surface area contributed by atoms with Gasteiger partial charge in [0.15, 0.2) is 6.29 Å². The van der Waals surface area contributed by atoms with Crippen molar-refractivity contribution in [2.45, 2.75) is 33.0 Å². The van der Waals surface area contributed by atoms with Crippen LogP contribution in [0.2, 0.25) is 0 Å². The van der Waals surface area contributed by atoms with Gasteiger partial charge in [-0.2, -0.15) is 0 Å². The molecule has 0 N–H and O–H groups in total. The van der Waals surface area contributed by atoms with Crippen molar-refractivity contribution in [1.29, 1.82) is 0 Å². The number of rotatable bonds is 6. The minimum Gasteiger partial charge on any atom is -0.433 e. The number of carbonyl (C=O) groups is 1. The van der Waals surface area contributed by atoms with Gasteiger partial charge in [0.2, 0.25) is 0 Å². The fraction of sp³-hybridized carbons (Fsp3) is 0.667. The average molecular weight is 172 g/mol. The fourth-order valence-corrected chi connectivity index (χ4v) is 0.639. The summed E-state index contributed by atoms with van der Waals surface area (Å²) in [6.45, 7) is 7.67. The number of carbonyl (C=O) groups excluding carboxylic acids is 1. The van der Waals surface area contributed by atoms with Crippen molar-refractivity contribution in [2.75, 3.05) is 6.61 Å². The summed E-state index contributed by atoms with van der Waals surface area (Å²) in [5.41, 5.74) is 0. The number of hydrogen-bond donors (Lipinski definition) is 0. The Kier molecular flexibility index (Phi) is 6.38. The Bertz CT molecular complexity index is 143. The van der Waals surface area contributed by atoms with Crippen LogP contribution in [0.5, 0.6) is 0 Å². The largest absolute Gasteiger partial charge is 0.433 e. The molecule has 3 heteroatoms. The minimum absolute atomic E-state index is 0.445. The van der Waals surface area contributed by atoms with Crippen LogP contribution in [0, 0.1) is 0 Å². The van der Waals surface area contributed by atoms with E-state index >= 15 is 0 Å². The van der Waals surface area contributed by atoms with Crippen molar-refractivity contribution in [3.8, 4) is 0 Å². The molecule has 0 amide bonds. The quantitative estimate of drug-likeness (QED) is 0.265. The predicted molar refractivity (Wildman–Crippen MR) is 46.6 cm³/mol. The number of esters is 1. The van der Waals surface area contributed by atoms with E-state index in [4.69, 9.17) is 9.47 Å². The first kappa shape index (κ1) is 11.2. The zero-order chi connectivity index (χ0) is 9.40. The van der Waals surface area contributed by atoms with Gasteiger partial charge in [-0.15, -0.1) is 0 Å². The van der Waals surface area contributed by atoms with Gasteiger partial charge in [-0.1, -0.05) is 19.9 Å². The SMILES string of the molecule is C=CC(=O)OC(C)OCCCC. The summed E-state index contributed by atoms with van der Waals surface area (Å²) in [6, 6.07) is 0. The van der Waals surface area contributed by atoms with Crippen LogP contribution < -0.4 is 0 Å². The normalized spacial score (nSPS) is 12.2. The fourth-order valence-electron chi connectivity index (χ4n) is 0.639. The van der Waals surface area contributed by atoms with Crippen LogP contribution in [0.3, 0.4) is 0 Å². The summed E-state index contributed by atoms with van der Waals surface area (Å²) in [5.74, 6) is -0.445. The Morgan fingerprint density at radius 3 is 2.83 bits per heavy atom. The van der Waals surface area contributed by atoms with Gasteiger partial charge in [-0.3, -0.25) is 0 Å². The van der Waals surface area contributed by atoms with Crippen LogP contribution in [0.25, 0.3) is 0 Å². The van der Waals surface area contributed by atoms with E-state index in [-0.39, 0.29) is 0 Å². The summed E-state index contributed by atoms with van der Waals surface area (Å²) in [4.78, 5) is 10.6. The first-order valence-corrected chi connectivity index (χ1v) is 4.15. The smallest absolute Gasteiger partial charge is 0.332 e. The van der Waals surface area contributed by atoms with Crippen molar-refractivity contribution in [1.82, 2.24) is 0 Å². The monoisotopic (exact) mass is 172 g/mol. The van der Waals surface area contributed by atoms with E-state index in [0.717, 1.165) is 18.9 Å². The lowest BCUT2D eigenvalue weighted by Gasteiger charge is -2.11. The molecule has 0 saturated carbocycles. The standard InChI is InChI=1S/C9H16O3/c1-4-6-7-11-8(3)12-9(10)5-2/h5,8H,2,4,6-7H2,1,3H3. The molecule has 3 nitrogen and oxygen atoms in total. The molecule has 1 atom stereocenters. The second-order valence-electron chi connectivity index (χ2n) is 2.43. The summed E-state index contributed by atoms with van der Waals surface area (Å²) >= 11 is 0. The molecule has 0 aliphatic heterocycles. The van der Waals surface area contributed by atoms with Gasteiger partial charge >= 0.3 is 5.97 Å². The predicted octanol–water partition coefficient (Wildman–Crippen LogP) is 1.88. The molecule has 0 rings (SSSR count). The van der Waals surface area contributed by atoms with E-state index in [1.54, 1.807) is 6.92 Å². The number of unbranched alkanes of at least 4 members (excludes halogenated alkanes) is 1. The molecule has 0 spiro atoms. The lowest BCUT2D eigenvalue weighted by Crippen LogP contribution is -2.17. The molecule has 0 radical (unpaired) electrons. The first-order valence-electron chi connectivity index (χ1n) is 4.15. The highest BCUT2D eigenvalue weighted by Crippen LogP contribution is 1.97. The molecule has 0 aliphatic rings. The van der Waals surface area contributed by atoms with E-state index in [1.165, 1.54) is 0 Å². The van der Waals surface area contributed by atoms with Gasteiger partial charge in [0.05, 0.1) is 6.61 Å². The lowest BCUT2D eigenvalue weighted by atomic mass is 10.4. The lowest BCUT2D eigenvalue weighted by molar-refractivity contribution is -0.168. The van der Waals surface area contributed by atoms with Gasteiger partial charge in [0, 0.05) is 6.08 Å². The third kappa shape index (κ3) is 5.92. The Morgan fingerprint density at radius 1 is 1.67 bits per heavy atom. The van der Waals surface area contributed by atoms with Gasteiger partial charge in [0.25, 0.3) is 0 Å². The van der Waals surface area contributed by atoms with Gasteiger partial charge < -0.3 is 9.47 Å². The molecular formula is C9H16O3. The minimum atomic E-state index is -0.470. The maximum atomic E-state index is 10.6. The van der Waals surface area contributed by atoms with Crippen LogP contribution >= 0.6 is 0 Å². The second kappa shape index (κ2) is 6.85. The zero-order valence-electron chi connectivity index (χ0n) is 7.71. The third-order valence-corrected chi connectivity index (χ3v) is 1.30. The van der Waals surface area contributed by atoms with Crippen molar-refractivity contribution >= 4 is 5.97 Å². The topological polar surface area (TPSA) is 35.5 Å². The highest BCUT2D eigenvalue weighted by Gasteiger charge is 2.04. The van der Waals surface area contributed by atoms with Gasteiger partial charge in [0.1, 0.15) is 0 Å². The maximum Gasteiger partial charge on any atom is 0.332 e. The molecule has 0 bridgehead atoms. The van der Waals surface area contributed by atoms with Crippen molar-refractivity contribution in [3.63, 3.8) is 0 Å². The third-order valence-electron chi connectivity index (χ3n) is 1.30. The second-order valence-corrected chi connectivity index (χ2v) is 2.43. The number of ether oxygens (including phenoxy) is 2. The molecule has 0 aromatic heterocycles. The molecule has 0 aromatic carbocycles. The van der Waals surface area contributed by atoms with Crippen LogP contribution in [-0.2, 0) is 14.3 Å². The highest BCUT2D eigenvalue weighted by atomic mass is 16.7. The Morgan fingerprint density at radius 2 is 2.33 bits per heavy atom. The molecule has 70 valence electrons. The Hall–Kier alpha value is -0.830. The van der Waals surface area contributed by atoms with Crippen LogP contribution in [0.4, 0.5) is 0 Å². The molecule has 0 heterocycles. The van der Waals surface area contributed by atoms with E-state index in [0.29, 0.717) is 6.61 Å². The highest BCUT2D eigenvalue weighted by molar-refractivity contribution is 5.81. The molecule has 12 heavy (non-hydrogen) atoms. The summed E-state index contributed by atoms with van der Waals surface area (Å²) < 4.78 is 9.93. The summed E-state index contributed by atoms with van der Waals surface area (Å²) in [5, 5.41) is 0. The first-order chi connectivity index (χ1) is 5.70. The molecule has 1 unspecified atom stereocenters. The van der Waals surface area contributed by atoms with E-state index < -0.39 is 12.3 Å². The van der Waals surface area contributed by atoms with Crippen molar-refractivity contribution < 1.29 is 14.3 Å². The van der Waals surface area contributed by atoms with Crippen LogP contribution in [0.15, 0.2) is 12.7 Å². The molecule has 0 aliphatic carbocycles. The number of hydrogen-bond acceptors (Lipinski definition) is 3. The van der Waals surface area contributed by atoms with Crippen LogP contribution in [0.1, 0.15) is 26.7 Å². The molecule has 0 fully saturated rings. The van der Waals surface area contributed by atoms with E-state index in [9.17, 15) is 4.79 Å². The van der Waals surface area contributed by atoms with E-state index in [1.807, 2.05) is 0 Å². The average Bonchev–Trinajstić information content (AvgIpc) is 2.05. The van der Waals surface area contributed by atoms with Crippen LogP contribution in [-0.4, -0.2) is 18.9 Å². The Labute approximate surface area is 73.4 Å². The van der Waals surface area contributed by atoms with Crippen molar-refractivity contribution in [2.24, 2.45) is 0 Å². The van der Waals surface area contributed by atoms with Crippen molar-refractivity contribution in [3.05, 3.63) is 12.7 Å². The van der Waals surface area contributed by atoms with Gasteiger partial charge in [-0.05, 0) is 13.3 Å².